The van der Waals surface area contributed by atoms with Gasteiger partial charge in [0, 0.05) is 24.8 Å². The van der Waals surface area contributed by atoms with Crippen LogP contribution in [0.5, 0.6) is 0 Å². The van der Waals surface area contributed by atoms with E-state index in [-0.39, 0.29) is 6.10 Å². The van der Waals surface area contributed by atoms with Gasteiger partial charge in [-0.2, -0.15) is 0 Å². The summed E-state index contributed by atoms with van der Waals surface area (Å²) in [6, 6.07) is 2.84. The fourth-order valence-corrected chi connectivity index (χ4v) is 2.44. The van der Waals surface area contributed by atoms with E-state index in [2.05, 4.69) is 11.4 Å². The normalized spacial score (nSPS) is 23.1. The third kappa shape index (κ3) is 3.81. The average Bonchev–Trinajstić information content (AvgIpc) is 2.95. The molecule has 1 atom stereocenters. The Kier molecular flexibility index (Phi) is 4.21. The molecule has 0 radical (unpaired) electrons. The molecule has 1 unspecified atom stereocenters. The molecule has 0 amide bonds. The van der Waals surface area contributed by atoms with E-state index in [4.69, 9.17) is 13.9 Å². The third-order valence-electron chi connectivity index (χ3n) is 3.80. The summed E-state index contributed by atoms with van der Waals surface area (Å²) in [7, 11) is 0. The minimum Gasteiger partial charge on any atom is -0.464 e. The van der Waals surface area contributed by atoms with Crippen molar-refractivity contribution in [3.63, 3.8) is 0 Å². The molecule has 2 heterocycles. The molecule has 1 saturated carbocycles. The molecule has 1 aliphatic heterocycles. The summed E-state index contributed by atoms with van der Waals surface area (Å²) in [6.45, 7) is 5.03. The predicted octanol–water partition coefficient (Wildman–Crippen LogP) is 2.54. The molecule has 2 aliphatic rings. The van der Waals surface area contributed by atoms with Crippen LogP contribution in [0.25, 0.3) is 0 Å². The van der Waals surface area contributed by atoms with E-state index < -0.39 is 0 Å². The number of aryl methyl sites for hydroxylation is 1. The number of furan rings is 1. The van der Waals surface area contributed by atoms with Crippen LogP contribution in [0.2, 0.25) is 0 Å². The Morgan fingerprint density at radius 1 is 1.37 bits per heavy atom. The van der Waals surface area contributed by atoms with Crippen LogP contribution in [0.1, 0.15) is 42.8 Å². The van der Waals surface area contributed by atoms with Crippen LogP contribution in [0.3, 0.4) is 0 Å². The van der Waals surface area contributed by atoms with Crippen molar-refractivity contribution >= 4 is 0 Å². The minimum absolute atomic E-state index is 0.284. The van der Waals surface area contributed by atoms with E-state index in [0.717, 1.165) is 43.6 Å². The zero-order valence-electron chi connectivity index (χ0n) is 11.6. The van der Waals surface area contributed by atoms with Gasteiger partial charge in [0.05, 0.1) is 12.7 Å². The van der Waals surface area contributed by atoms with E-state index in [0.29, 0.717) is 13.2 Å². The van der Waals surface area contributed by atoms with Gasteiger partial charge in [0.1, 0.15) is 18.1 Å². The molecule has 106 valence electrons. The van der Waals surface area contributed by atoms with Gasteiger partial charge < -0.3 is 19.2 Å². The van der Waals surface area contributed by atoms with Gasteiger partial charge in [-0.15, -0.1) is 0 Å². The lowest BCUT2D eigenvalue weighted by Crippen LogP contribution is -2.15. The first-order valence-electron chi connectivity index (χ1n) is 7.32. The molecule has 1 aliphatic carbocycles. The van der Waals surface area contributed by atoms with Crippen molar-refractivity contribution in [1.29, 1.82) is 0 Å². The Balaban J connectivity index is 1.43. The van der Waals surface area contributed by atoms with Crippen LogP contribution < -0.4 is 5.32 Å². The first-order chi connectivity index (χ1) is 9.31. The van der Waals surface area contributed by atoms with E-state index in [1.54, 1.807) is 0 Å². The van der Waals surface area contributed by atoms with Gasteiger partial charge in [0.2, 0.25) is 0 Å². The molecular formula is C15H23NO3. The predicted molar refractivity (Wildman–Crippen MR) is 71.9 cm³/mol. The van der Waals surface area contributed by atoms with Crippen LogP contribution in [0.15, 0.2) is 10.5 Å². The van der Waals surface area contributed by atoms with Crippen molar-refractivity contribution in [1.82, 2.24) is 5.32 Å². The van der Waals surface area contributed by atoms with Crippen LogP contribution in [-0.4, -0.2) is 25.4 Å². The van der Waals surface area contributed by atoms with Crippen LogP contribution >= 0.6 is 0 Å². The van der Waals surface area contributed by atoms with Crippen LogP contribution in [0, 0.1) is 6.92 Å². The maximum atomic E-state index is 5.73. The highest BCUT2D eigenvalue weighted by atomic mass is 16.5. The van der Waals surface area contributed by atoms with Gasteiger partial charge in [-0.25, -0.2) is 0 Å². The zero-order chi connectivity index (χ0) is 13.1. The summed E-state index contributed by atoms with van der Waals surface area (Å²) in [4.78, 5) is 0. The van der Waals surface area contributed by atoms with Gasteiger partial charge in [0.15, 0.2) is 0 Å². The Hall–Kier alpha value is -0.840. The smallest absolute Gasteiger partial charge is 0.130 e. The number of hydrogen-bond donors (Lipinski definition) is 1. The Labute approximate surface area is 114 Å². The maximum Gasteiger partial charge on any atom is 0.130 e. The monoisotopic (exact) mass is 265 g/mol. The molecule has 0 spiro atoms. The summed E-state index contributed by atoms with van der Waals surface area (Å²) in [5.41, 5.74) is 1.25. The molecule has 1 saturated heterocycles. The summed E-state index contributed by atoms with van der Waals surface area (Å²) < 4.78 is 16.9. The largest absolute Gasteiger partial charge is 0.464 e. The number of hydrogen-bond acceptors (Lipinski definition) is 4. The van der Waals surface area contributed by atoms with Crippen molar-refractivity contribution in [2.75, 3.05) is 13.2 Å². The molecule has 0 bridgehead atoms. The van der Waals surface area contributed by atoms with Crippen molar-refractivity contribution in [2.24, 2.45) is 0 Å². The highest BCUT2D eigenvalue weighted by Crippen LogP contribution is 2.21. The lowest BCUT2D eigenvalue weighted by atomic mass is 10.2. The minimum atomic E-state index is 0.284. The van der Waals surface area contributed by atoms with Crippen LogP contribution in [0.4, 0.5) is 0 Å². The molecular weight excluding hydrogens is 242 g/mol. The quantitative estimate of drug-likeness (QED) is 0.823. The molecule has 4 heteroatoms. The number of rotatable bonds is 7. The molecule has 3 rings (SSSR count). The van der Waals surface area contributed by atoms with E-state index >= 15 is 0 Å². The van der Waals surface area contributed by atoms with Crippen molar-refractivity contribution < 1.29 is 13.9 Å². The van der Waals surface area contributed by atoms with E-state index in [1.807, 2.05) is 6.92 Å². The summed E-state index contributed by atoms with van der Waals surface area (Å²) in [5.74, 6) is 1.92. The fourth-order valence-electron chi connectivity index (χ4n) is 2.44. The molecule has 2 fully saturated rings. The highest BCUT2D eigenvalue weighted by molar-refractivity contribution is 5.20. The highest BCUT2D eigenvalue weighted by Gasteiger charge is 2.21. The second-order valence-corrected chi connectivity index (χ2v) is 5.60. The molecule has 1 aromatic heterocycles. The van der Waals surface area contributed by atoms with Crippen molar-refractivity contribution in [3.8, 4) is 0 Å². The Bertz CT molecular complexity index is 406. The standard InChI is InChI=1S/C15H23NO3/c1-11-12(8-16-13-4-5-13)7-15(19-11)10-17-9-14-3-2-6-18-14/h7,13-14,16H,2-6,8-10H2,1H3. The van der Waals surface area contributed by atoms with E-state index in [1.165, 1.54) is 18.4 Å². The van der Waals surface area contributed by atoms with Gasteiger partial charge in [-0.1, -0.05) is 0 Å². The summed E-state index contributed by atoms with van der Waals surface area (Å²) in [5, 5.41) is 3.51. The second kappa shape index (κ2) is 6.07. The van der Waals surface area contributed by atoms with Gasteiger partial charge in [-0.05, 0) is 38.7 Å². The molecule has 1 aromatic rings. The topological polar surface area (TPSA) is 43.6 Å². The van der Waals surface area contributed by atoms with Gasteiger partial charge >= 0.3 is 0 Å². The van der Waals surface area contributed by atoms with Gasteiger partial charge in [0.25, 0.3) is 0 Å². The van der Waals surface area contributed by atoms with Crippen LogP contribution in [-0.2, 0) is 22.6 Å². The fraction of sp³-hybridized carbons (Fsp3) is 0.733. The molecule has 19 heavy (non-hydrogen) atoms. The SMILES string of the molecule is Cc1oc(COCC2CCCO2)cc1CNC1CC1. The number of ether oxygens (including phenoxy) is 2. The maximum absolute atomic E-state index is 5.73. The summed E-state index contributed by atoms with van der Waals surface area (Å²) >= 11 is 0. The molecule has 4 nitrogen and oxygen atoms in total. The lowest BCUT2D eigenvalue weighted by Gasteiger charge is -2.08. The van der Waals surface area contributed by atoms with E-state index in [9.17, 15) is 0 Å². The first-order valence-corrected chi connectivity index (χ1v) is 7.32. The Morgan fingerprint density at radius 3 is 3.00 bits per heavy atom. The van der Waals surface area contributed by atoms with Crippen molar-refractivity contribution in [3.05, 3.63) is 23.2 Å². The first kappa shape index (κ1) is 13.2. The summed E-state index contributed by atoms with van der Waals surface area (Å²) in [6.07, 6.45) is 5.19. The van der Waals surface area contributed by atoms with Gasteiger partial charge in [-0.3, -0.25) is 0 Å². The average molecular weight is 265 g/mol. The second-order valence-electron chi connectivity index (χ2n) is 5.60. The van der Waals surface area contributed by atoms with Crippen molar-refractivity contribution in [2.45, 2.75) is 57.9 Å². The molecule has 0 aromatic carbocycles. The zero-order valence-corrected chi connectivity index (χ0v) is 11.6. The lowest BCUT2D eigenvalue weighted by molar-refractivity contribution is 0.00566. The Morgan fingerprint density at radius 2 is 2.26 bits per heavy atom. The molecule has 1 N–H and O–H groups in total. The third-order valence-corrected chi connectivity index (χ3v) is 3.80. The number of nitrogens with one attached hydrogen (secondary N) is 1.